The number of benzene rings is 2. The van der Waals surface area contributed by atoms with Crippen molar-refractivity contribution in [1.82, 2.24) is 5.32 Å². The van der Waals surface area contributed by atoms with Crippen LogP contribution in [-0.4, -0.2) is 17.6 Å². The number of hydrogen-bond acceptors (Lipinski definition) is 2. The van der Waals surface area contributed by atoms with Crippen LogP contribution in [0.4, 0.5) is 0 Å². The third kappa shape index (κ3) is 3.55. The van der Waals surface area contributed by atoms with E-state index in [1.54, 1.807) is 30.3 Å². The molecule has 1 saturated carbocycles. The van der Waals surface area contributed by atoms with Crippen LogP contribution in [-0.2, 0) is 10.2 Å². The Kier molecular flexibility index (Phi) is 5.07. The van der Waals surface area contributed by atoms with Crippen molar-refractivity contribution in [3.63, 3.8) is 0 Å². The topological polar surface area (TPSA) is 49.3 Å². The van der Waals surface area contributed by atoms with Crippen molar-refractivity contribution >= 4 is 40.7 Å². The number of aliphatic hydroxyl groups is 1. The lowest BCUT2D eigenvalue weighted by molar-refractivity contribution is -0.124. The van der Waals surface area contributed by atoms with Crippen molar-refractivity contribution in [3.05, 3.63) is 68.7 Å². The van der Waals surface area contributed by atoms with Gasteiger partial charge in [0, 0.05) is 27.2 Å². The number of nitrogens with one attached hydrogen (secondary N) is 1. The first-order chi connectivity index (χ1) is 11.4. The monoisotopic (exact) mass is 383 g/mol. The molecular weight excluding hydrogens is 369 g/mol. The lowest BCUT2D eigenvalue weighted by Crippen LogP contribution is -2.37. The Morgan fingerprint density at radius 1 is 1.08 bits per heavy atom. The van der Waals surface area contributed by atoms with Crippen molar-refractivity contribution in [2.75, 3.05) is 6.54 Å². The number of carbonyl (C=O) groups excluding carboxylic acids is 1. The van der Waals surface area contributed by atoms with Crippen molar-refractivity contribution < 1.29 is 9.90 Å². The average molecular weight is 385 g/mol. The summed E-state index contributed by atoms with van der Waals surface area (Å²) >= 11 is 17.8. The lowest BCUT2D eigenvalue weighted by atomic mass is 9.95. The highest BCUT2D eigenvalue weighted by molar-refractivity contribution is 6.35. The molecule has 0 saturated heterocycles. The van der Waals surface area contributed by atoms with E-state index < -0.39 is 11.5 Å². The molecule has 0 spiro atoms. The summed E-state index contributed by atoms with van der Waals surface area (Å²) in [6, 6.07) is 12.2. The smallest absolute Gasteiger partial charge is 0.230 e. The van der Waals surface area contributed by atoms with Gasteiger partial charge in [-0.25, -0.2) is 0 Å². The van der Waals surface area contributed by atoms with Gasteiger partial charge in [-0.1, -0.05) is 53.0 Å². The standard InChI is InChI=1S/C18H16Cl3NO2/c19-12-3-1-11(2-4-12)18(7-8-18)17(24)22-10-16(23)14-6-5-13(20)9-15(14)21/h1-6,9,16,23H,7-8,10H2,(H,22,24). The average Bonchev–Trinajstić information content (AvgIpc) is 3.35. The van der Waals surface area contributed by atoms with Gasteiger partial charge in [-0.15, -0.1) is 0 Å². The van der Waals surface area contributed by atoms with Crippen LogP contribution in [0.1, 0.15) is 30.1 Å². The molecule has 0 aliphatic heterocycles. The highest BCUT2D eigenvalue weighted by atomic mass is 35.5. The number of hydrogen-bond donors (Lipinski definition) is 2. The van der Waals surface area contributed by atoms with E-state index in [-0.39, 0.29) is 12.5 Å². The summed E-state index contributed by atoms with van der Waals surface area (Å²) in [5.74, 6) is -0.0889. The zero-order valence-corrected chi connectivity index (χ0v) is 15.0. The van der Waals surface area contributed by atoms with Gasteiger partial charge in [0.2, 0.25) is 5.91 Å². The van der Waals surface area contributed by atoms with Crippen LogP contribution in [0.3, 0.4) is 0 Å². The number of halogens is 3. The second-order valence-electron chi connectivity index (χ2n) is 5.98. The van der Waals surface area contributed by atoms with Crippen molar-refractivity contribution in [2.45, 2.75) is 24.4 Å². The second kappa shape index (κ2) is 6.93. The second-order valence-corrected chi connectivity index (χ2v) is 7.26. The minimum atomic E-state index is -0.889. The fraction of sp³-hybridized carbons (Fsp3) is 0.278. The first-order valence-electron chi connectivity index (χ1n) is 7.60. The van der Waals surface area contributed by atoms with Gasteiger partial charge in [0.15, 0.2) is 0 Å². The molecular formula is C18H16Cl3NO2. The summed E-state index contributed by atoms with van der Waals surface area (Å²) in [5, 5.41) is 14.6. The summed E-state index contributed by atoms with van der Waals surface area (Å²) in [5.41, 5.74) is 0.981. The number of aliphatic hydroxyl groups excluding tert-OH is 1. The predicted molar refractivity (Wildman–Crippen MR) is 96.8 cm³/mol. The van der Waals surface area contributed by atoms with Crippen molar-refractivity contribution in [2.24, 2.45) is 0 Å². The van der Waals surface area contributed by atoms with Crippen LogP contribution in [0.5, 0.6) is 0 Å². The van der Waals surface area contributed by atoms with E-state index >= 15 is 0 Å². The van der Waals surface area contributed by atoms with Gasteiger partial charge in [0.1, 0.15) is 0 Å². The molecule has 1 atom stereocenters. The molecule has 0 bridgehead atoms. The Morgan fingerprint density at radius 2 is 1.71 bits per heavy atom. The van der Waals surface area contributed by atoms with Crippen LogP contribution in [0.2, 0.25) is 15.1 Å². The summed E-state index contributed by atoms with van der Waals surface area (Å²) < 4.78 is 0. The van der Waals surface area contributed by atoms with Crippen LogP contribution >= 0.6 is 34.8 Å². The van der Waals surface area contributed by atoms with Gasteiger partial charge in [-0.3, -0.25) is 4.79 Å². The zero-order valence-electron chi connectivity index (χ0n) is 12.7. The normalized spacial score (nSPS) is 16.5. The van der Waals surface area contributed by atoms with E-state index in [1.165, 1.54) is 0 Å². The molecule has 3 nitrogen and oxygen atoms in total. The quantitative estimate of drug-likeness (QED) is 0.796. The van der Waals surface area contributed by atoms with Crippen LogP contribution in [0.25, 0.3) is 0 Å². The highest BCUT2D eigenvalue weighted by Crippen LogP contribution is 2.48. The Bertz CT molecular complexity index is 757. The van der Waals surface area contributed by atoms with Gasteiger partial charge >= 0.3 is 0 Å². The molecule has 24 heavy (non-hydrogen) atoms. The minimum absolute atomic E-state index is 0.0889. The predicted octanol–water partition coefficient (Wildman–Crippen LogP) is 4.53. The third-order valence-corrected chi connectivity index (χ3v) is 5.17. The molecule has 1 aliphatic rings. The fourth-order valence-electron chi connectivity index (χ4n) is 2.78. The van der Waals surface area contributed by atoms with Gasteiger partial charge in [-0.05, 0) is 42.7 Å². The molecule has 6 heteroatoms. The Morgan fingerprint density at radius 3 is 2.29 bits per heavy atom. The van der Waals surface area contributed by atoms with Crippen LogP contribution in [0.15, 0.2) is 42.5 Å². The maximum Gasteiger partial charge on any atom is 0.230 e. The van der Waals surface area contributed by atoms with Crippen molar-refractivity contribution in [1.29, 1.82) is 0 Å². The van der Waals surface area contributed by atoms with Gasteiger partial charge in [0.25, 0.3) is 0 Å². The van der Waals surface area contributed by atoms with E-state index in [1.807, 2.05) is 12.1 Å². The number of rotatable bonds is 5. The van der Waals surface area contributed by atoms with E-state index in [4.69, 9.17) is 34.8 Å². The van der Waals surface area contributed by atoms with Gasteiger partial charge in [0.05, 0.1) is 11.5 Å². The maximum absolute atomic E-state index is 12.6. The molecule has 126 valence electrons. The van der Waals surface area contributed by atoms with Crippen molar-refractivity contribution in [3.8, 4) is 0 Å². The molecule has 1 aliphatic carbocycles. The Hall–Kier alpha value is -1.26. The molecule has 1 unspecified atom stereocenters. The number of amides is 1. The van der Waals surface area contributed by atoms with E-state index in [9.17, 15) is 9.90 Å². The molecule has 0 aromatic heterocycles. The molecule has 3 rings (SSSR count). The van der Waals surface area contributed by atoms with Gasteiger partial charge < -0.3 is 10.4 Å². The SMILES string of the molecule is O=C(NCC(O)c1ccc(Cl)cc1Cl)C1(c2ccc(Cl)cc2)CC1. The zero-order chi connectivity index (χ0) is 17.3. The van der Waals surface area contributed by atoms with Crippen LogP contribution in [0, 0.1) is 0 Å². The number of carbonyl (C=O) groups is 1. The molecule has 2 aromatic carbocycles. The Labute approximate surface area is 155 Å². The summed E-state index contributed by atoms with van der Waals surface area (Å²) in [6.45, 7) is 0.0928. The maximum atomic E-state index is 12.6. The first kappa shape index (κ1) is 17.6. The van der Waals surface area contributed by atoms with Gasteiger partial charge in [-0.2, -0.15) is 0 Å². The minimum Gasteiger partial charge on any atom is -0.387 e. The molecule has 1 amide bonds. The molecule has 0 heterocycles. The summed E-state index contributed by atoms with van der Waals surface area (Å²) in [4.78, 5) is 12.6. The summed E-state index contributed by atoms with van der Waals surface area (Å²) in [7, 11) is 0. The summed E-state index contributed by atoms with van der Waals surface area (Å²) in [6.07, 6.45) is 0.691. The fourth-order valence-corrected chi connectivity index (χ4v) is 3.44. The Balaban J connectivity index is 1.66. The molecule has 2 N–H and O–H groups in total. The highest BCUT2D eigenvalue weighted by Gasteiger charge is 2.51. The molecule has 2 aromatic rings. The van der Waals surface area contributed by atoms with Crippen LogP contribution < -0.4 is 5.32 Å². The van der Waals surface area contributed by atoms with E-state index in [2.05, 4.69) is 5.32 Å². The van der Waals surface area contributed by atoms with E-state index in [0.29, 0.717) is 20.6 Å². The molecule has 1 fully saturated rings. The largest absolute Gasteiger partial charge is 0.387 e. The molecule has 0 radical (unpaired) electrons. The third-order valence-electron chi connectivity index (χ3n) is 4.36. The first-order valence-corrected chi connectivity index (χ1v) is 8.73. The lowest BCUT2D eigenvalue weighted by Gasteiger charge is -2.19. The van der Waals surface area contributed by atoms with E-state index in [0.717, 1.165) is 18.4 Å².